The fourth-order valence-electron chi connectivity index (χ4n) is 2.78. The molecule has 0 aromatic heterocycles. The highest BCUT2D eigenvalue weighted by Crippen LogP contribution is 2.36. The third-order valence-electron chi connectivity index (χ3n) is 3.76. The third kappa shape index (κ3) is 1.86. The minimum absolute atomic E-state index is 0.0647. The van der Waals surface area contributed by atoms with E-state index in [0.717, 1.165) is 5.69 Å². The summed E-state index contributed by atoms with van der Waals surface area (Å²) in [6, 6.07) is 17.1. The third-order valence-corrected chi connectivity index (χ3v) is 3.76. The average Bonchev–Trinajstić information content (AvgIpc) is 2.37. The van der Waals surface area contributed by atoms with Gasteiger partial charge in [0, 0.05) is 11.1 Å². The summed E-state index contributed by atoms with van der Waals surface area (Å²) in [6.45, 7) is 6.61. The second-order valence-electron chi connectivity index (χ2n) is 6.16. The molecule has 0 bridgehead atoms. The smallest absolute Gasteiger partial charge is 0.0437 e. The van der Waals surface area contributed by atoms with Gasteiger partial charge in [0.25, 0.3) is 0 Å². The van der Waals surface area contributed by atoms with Gasteiger partial charge in [-0.2, -0.15) is 0 Å². The maximum Gasteiger partial charge on any atom is 0.0437 e. The first-order valence-electron chi connectivity index (χ1n) is 6.69. The molecule has 0 atom stereocenters. The van der Waals surface area contributed by atoms with Crippen LogP contribution in [0.25, 0.3) is 21.5 Å². The van der Waals surface area contributed by atoms with Crippen molar-refractivity contribution in [2.45, 2.75) is 26.2 Å². The molecule has 0 saturated heterocycles. The molecule has 1 heteroatoms. The molecule has 0 unspecified atom stereocenters. The van der Waals surface area contributed by atoms with Gasteiger partial charge >= 0.3 is 0 Å². The summed E-state index contributed by atoms with van der Waals surface area (Å²) in [5.74, 6) is 0. The van der Waals surface area contributed by atoms with E-state index in [0.29, 0.717) is 0 Å². The van der Waals surface area contributed by atoms with E-state index >= 15 is 0 Å². The minimum atomic E-state index is 0.0647. The summed E-state index contributed by atoms with van der Waals surface area (Å²) < 4.78 is 0. The molecule has 3 aromatic carbocycles. The lowest BCUT2D eigenvalue weighted by Gasteiger charge is -2.22. The Balaban J connectivity index is 2.50. The topological polar surface area (TPSA) is 26.0 Å². The summed E-state index contributed by atoms with van der Waals surface area (Å²) in [7, 11) is 0. The standard InChI is InChI=1S/C18H19N/c1-18(2,3)15-11-10-13-9-8-12-6-4-5-7-14(12)16(13)17(15)19/h4-11H,19H2,1-3H3. The van der Waals surface area contributed by atoms with E-state index < -0.39 is 0 Å². The van der Waals surface area contributed by atoms with Gasteiger partial charge in [-0.1, -0.05) is 69.3 Å². The van der Waals surface area contributed by atoms with Crippen LogP contribution in [0.2, 0.25) is 0 Å². The van der Waals surface area contributed by atoms with Gasteiger partial charge in [0.15, 0.2) is 0 Å². The van der Waals surface area contributed by atoms with Crippen LogP contribution in [0, 0.1) is 0 Å². The molecular weight excluding hydrogens is 230 g/mol. The normalized spacial score (nSPS) is 12.2. The van der Waals surface area contributed by atoms with Crippen molar-refractivity contribution >= 4 is 27.2 Å². The molecule has 0 radical (unpaired) electrons. The zero-order valence-corrected chi connectivity index (χ0v) is 11.7. The maximum atomic E-state index is 6.47. The molecule has 96 valence electrons. The highest BCUT2D eigenvalue weighted by atomic mass is 14.6. The van der Waals surface area contributed by atoms with E-state index in [9.17, 15) is 0 Å². The number of rotatable bonds is 0. The summed E-state index contributed by atoms with van der Waals surface area (Å²) in [4.78, 5) is 0. The number of hydrogen-bond donors (Lipinski definition) is 1. The molecular formula is C18H19N. The molecule has 0 fully saturated rings. The van der Waals surface area contributed by atoms with Crippen molar-refractivity contribution in [3.63, 3.8) is 0 Å². The minimum Gasteiger partial charge on any atom is -0.398 e. The zero-order valence-electron chi connectivity index (χ0n) is 11.7. The van der Waals surface area contributed by atoms with E-state index in [-0.39, 0.29) is 5.41 Å². The Morgan fingerprint density at radius 3 is 2.16 bits per heavy atom. The molecule has 0 spiro atoms. The average molecular weight is 249 g/mol. The number of fused-ring (bicyclic) bond motifs is 3. The summed E-state index contributed by atoms with van der Waals surface area (Å²) in [5.41, 5.74) is 8.67. The predicted molar refractivity (Wildman–Crippen MR) is 84.6 cm³/mol. The molecule has 3 rings (SSSR count). The van der Waals surface area contributed by atoms with Gasteiger partial charge in [0.2, 0.25) is 0 Å². The van der Waals surface area contributed by atoms with Gasteiger partial charge in [-0.15, -0.1) is 0 Å². The van der Waals surface area contributed by atoms with Gasteiger partial charge in [-0.25, -0.2) is 0 Å². The molecule has 0 saturated carbocycles. The van der Waals surface area contributed by atoms with Crippen LogP contribution in [-0.2, 0) is 5.41 Å². The largest absolute Gasteiger partial charge is 0.398 e. The highest BCUT2D eigenvalue weighted by Gasteiger charge is 2.18. The van der Waals surface area contributed by atoms with Gasteiger partial charge in [-0.3, -0.25) is 0 Å². The lowest BCUT2D eigenvalue weighted by molar-refractivity contribution is 0.593. The van der Waals surface area contributed by atoms with Gasteiger partial charge in [-0.05, 0) is 27.1 Å². The number of anilines is 1. The quantitative estimate of drug-likeness (QED) is 0.446. The Morgan fingerprint density at radius 1 is 0.789 bits per heavy atom. The highest BCUT2D eigenvalue weighted by molar-refractivity contribution is 6.13. The molecule has 3 aromatic rings. The first-order valence-corrected chi connectivity index (χ1v) is 6.69. The zero-order chi connectivity index (χ0) is 13.6. The van der Waals surface area contributed by atoms with Crippen LogP contribution in [0.15, 0.2) is 48.5 Å². The Hall–Kier alpha value is -2.02. The monoisotopic (exact) mass is 249 g/mol. The summed E-state index contributed by atoms with van der Waals surface area (Å²) in [5, 5.41) is 4.88. The van der Waals surface area contributed by atoms with Crippen molar-refractivity contribution in [2.75, 3.05) is 5.73 Å². The van der Waals surface area contributed by atoms with E-state index in [1.165, 1.54) is 27.1 Å². The predicted octanol–water partition coefficient (Wildman–Crippen LogP) is 4.87. The molecule has 0 heterocycles. The number of hydrogen-bond acceptors (Lipinski definition) is 1. The van der Waals surface area contributed by atoms with Crippen LogP contribution < -0.4 is 5.73 Å². The Kier molecular flexibility index (Phi) is 2.53. The van der Waals surface area contributed by atoms with Crippen molar-refractivity contribution in [1.82, 2.24) is 0 Å². The number of benzene rings is 3. The van der Waals surface area contributed by atoms with Crippen LogP contribution in [0.5, 0.6) is 0 Å². The van der Waals surface area contributed by atoms with Crippen molar-refractivity contribution in [2.24, 2.45) is 0 Å². The number of nitrogen functional groups attached to an aromatic ring is 1. The Morgan fingerprint density at radius 2 is 1.42 bits per heavy atom. The molecule has 0 aliphatic rings. The number of nitrogens with two attached hydrogens (primary N) is 1. The second-order valence-corrected chi connectivity index (χ2v) is 6.16. The van der Waals surface area contributed by atoms with E-state index in [2.05, 4.69) is 69.3 Å². The van der Waals surface area contributed by atoms with Crippen molar-refractivity contribution in [3.05, 3.63) is 54.1 Å². The van der Waals surface area contributed by atoms with Gasteiger partial charge in [0.05, 0.1) is 0 Å². The molecule has 0 aliphatic carbocycles. The summed E-state index contributed by atoms with van der Waals surface area (Å²) >= 11 is 0. The summed E-state index contributed by atoms with van der Waals surface area (Å²) in [6.07, 6.45) is 0. The van der Waals surface area contributed by atoms with E-state index in [4.69, 9.17) is 5.73 Å². The van der Waals surface area contributed by atoms with Crippen LogP contribution in [0.4, 0.5) is 5.69 Å². The van der Waals surface area contributed by atoms with Crippen LogP contribution in [0.1, 0.15) is 26.3 Å². The molecule has 1 nitrogen and oxygen atoms in total. The molecule has 19 heavy (non-hydrogen) atoms. The van der Waals surface area contributed by atoms with Crippen LogP contribution >= 0.6 is 0 Å². The first kappa shape index (κ1) is 12.0. The molecule has 0 aliphatic heterocycles. The van der Waals surface area contributed by atoms with Crippen LogP contribution in [-0.4, -0.2) is 0 Å². The Labute approximate surface area is 114 Å². The second kappa shape index (κ2) is 3.99. The van der Waals surface area contributed by atoms with Crippen molar-refractivity contribution in [3.8, 4) is 0 Å². The van der Waals surface area contributed by atoms with Crippen LogP contribution in [0.3, 0.4) is 0 Å². The SMILES string of the molecule is CC(C)(C)c1ccc2ccc3ccccc3c2c1N. The molecule has 2 N–H and O–H groups in total. The van der Waals surface area contributed by atoms with Crippen molar-refractivity contribution < 1.29 is 0 Å². The first-order chi connectivity index (χ1) is 8.98. The van der Waals surface area contributed by atoms with Crippen molar-refractivity contribution in [1.29, 1.82) is 0 Å². The van der Waals surface area contributed by atoms with E-state index in [1.54, 1.807) is 0 Å². The Bertz CT molecular complexity index is 764. The maximum absolute atomic E-state index is 6.47. The fourth-order valence-corrected chi connectivity index (χ4v) is 2.78. The van der Waals surface area contributed by atoms with E-state index in [1.807, 2.05) is 0 Å². The van der Waals surface area contributed by atoms with Gasteiger partial charge in [0.1, 0.15) is 0 Å². The lowest BCUT2D eigenvalue weighted by atomic mass is 9.83. The fraction of sp³-hybridized carbons (Fsp3) is 0.222. The van der Waals surface area contributed by atoms with Gasteiger partial charge < -0.3 is 5.73 Å². The lowest BCUT2D eigenvalue weighted by Crippen LogP contribution is -2.14. The molecule has 0 amide bonds.